The number of fused-ring (bicyclic) bond motifs is 1. The topological polar surface area (TPSA) is 61.7 Å². The van der Waals surface area contributed by atoms with Crippen LogP contribution in [-0.4, -0.2) is 36.6 Å². The lowest BCUT2D eigenvalue weighted by Gasteiger charge is -2.16. The average molecular weight is 261 g/mol. The van der Waals surface area contributed by atoms with Gasteiger partial charge in [-0.05, 0) is 5.39 Å². The number of nitrogens with one attached hydrogen (secondary N) is 1. The molecule has 0 radical (unpaired) electrons. The first-order valence-corrected chi connectivity index (χ1v) is 6.30. The summed E-state index contributed by atoms with van der Waals surface area (Å²) in [5.74, 6) is 0.834. The summed E-state index contributed by atoms with van der Waals surface area (Å²) in [6.07, 6.45) is 0. The molecule has 0 unspecified atom stereocenters. The zero-order chi connectivity index (χ0) is 13.7. The molecule has 2 rings (SSSR count). The number of ether oxygens (including phenoxy) is 1. The molecule has 0 aliphatic rings. The molecule has 0 saturated carbocycles. The number of benzene rings is 2. The Morgan fingerprint density at radius 1 is 1.11 bits per heavy atom. The van der Waals surface area contributed by atoms with E-state index in [0.29, 0.717) is 6.54 Å². The number of aliphatic hydroxyl groups excluding tert-OH is 2. The molecule has 0 aliphatic heterocycles. The third-order valence-electron chi connectivity index (χ3n) is 3.19. The Hall–Kier alpha value is -1.62. The molecular weight excluding hydrogens is 242 g/mol. The highest BCUT2D eigenvalue weighted by Gasteiger charge is 2.10. The van der Waals surface area contributed by atoms with E-state index in [9.17, 15) is 0 Å². The maximum Gasteiger partial charge on any atom is 0.131 e. The summed E-state index contributed by atoms with van der Waals surface area (Å²) in [7, 11) is 1.65. The highest BCUT2D eigenvalue weighted by atomic mass is 16.5. The first-order chi connectivity index (χ1) is 9.30. The Kier molecular flexibility index (Phi) is 4.74. The molecule has 2 aromatic carbocycles. The normalized spacial score (nSPS) is 11.2. The quantitative estimate of drug-likeness (QED) is 0.733. The van der Waals surface area contributed by atoms with Crippen LogP contribution in [0.4, 0.5) is 0 Å². The van der Waals surface area contributed by atoms with Gasteiger partial charge in [0.05, 0.1) is 26.4 Å². The van der Waals surface area contributed by atoms with Gasteiger partial charge in [0.25, 0.3) is 0 Å². The van der Waals surface area contributed by atoms with E-state index in [-0.39, 0.29) is 19.3 Å². The second-order valence-electron chi connectivity index (χ2n) is 4.42. The molecule has 3 N–H and O–H groups in total. The van der Waals surface area contributed by atoms with Crippen LogP contribution in [0, 0.1) is 0 Å². The molecule has 0 bridgehead atoms. The maximum atomic E-state index is 9.05. The van der Waals surface area contributed by atoms with Crippen LogP contribution >= 0.6 is 0 Å². The van der Waals surface area contributed by atoms with Crippen molar-refractivity contribution in [1.29, 1.82) is 0 Å². The van der Waals surface area contributed by atoms with Gasteiger partial charge in [-0.3, -0.25) is 0 Å². The fraction of sp³-hybridized carbons (Fsp3) is 0.333. The molecule has 0 atom stereocenters. The van der Waals surface area contributed by atoms with Crippen LogP contribution in [0.1, 0.15) is 5.56 Å². The fourth-order valence-corrected chi connectivity index (χ4v) is 2.11. The van der Waals surface area contributed by atoms with Crippen LogP contribution < -0.4 is 10.1 Å². The van der Waals surface area contributed by atoms with Gasteiger partial charge in [-0.1, -0.05) is 36.4 Å². The Morgan fingerprint density at radius 3 is 2.53 bits per heavy atom. The van der Waals surface area contributed by atoms with E-state index in [0.717, 1.165) is 22.1 Å². The van der Waals surface area contributed by atoms with Crippen molar-refractivity contribution in [2.45, 2.75) is 12.6 Å². The van der Waals surface area contributed by atoms with Crippen LogP contribution in [-0.2, 0) is 6.54 Å². The smallest absolute Gasteiger partial charge is 0.131 e. The van der Waals surface area contributed by atoms with Gasteiger partial charge in [0, 0.05) is 17.5 Å². The van der Waals surface area contributed by atoms with E-state index in [2.05, 4.69) is 5.32 Å². The van der Waals surface area contributed by atoms with E-state index in [1.807, 2.05) is 36.4 Å². The van der Waals surface area contributed by atoms with Crippen LogP contribution in [0.3, 0.4) is 0 Å². The molecule has 4 heteroatoms. The molecule has 0 heterocycles. The van der Waals surface area contributed by atoms with Crippen molar-refractivity contribution in [2.75, 3.05) is 20.3 Å². The zero-order valence-corrected chi connectivity index (χ0v) is 11.0. The van der Waals surface area contributed by atoms with E-state index in [1.165, 1.54) is 0 Å². The maximum absolute atomic E-state index is 9.05. The van der Waals surface area contributed by atoms with Gasteiger partial charge >= 0.3 is 0 Å². The Labute approximate surface area is 112 Å². The molecule has 0 fully saturated rings. The van der Waals surface area contributed by atoms with Crippen LogP contribution in [0.2, 0.25) is 0 Å². The second kappa shape index (κ2) is 6.52. The predicted molar refractivity (Wildman–Crippen MR) is 75.3 cm³/mol. The summed E-state index contributed by atoms with van der Waals surface area (Å²) < 4.78 is 5.49. The summed E-state index contributed by atoms with van der Waals surface area (Å²) >= 11 is 0. The molecule has 19 heavy (non-hydrogen) atoms. The van der Waals surface area contributed by atoms with Crippen LogP contribution in [0.5, 0.6) is 5.75 Å². The van der Waals surface area contributed by atoms with Gasteiger partial charge in [0.1, 0.15) is 5.75 Å². The van der Waals surface area contributed by atoms with Gasteiger partial charge in [0.2, 0.25) is 0 Å². The largest absolute Gasteiger partial charge is 0.496 e. The highest BCUT2D eigenvalue weighted by Crippen LogP contribution is 2.29. The number of aliphatic hydroxyl groups is 2. The lowest BCUT2D eigenvalue weighted by Crippen LogP contribution is -2.35. The van der Waals surface area contributed by atoms with E-state index in [4.69, 9.17) is 14.9 Å². The van der Waals surface area contributed by atoms with Crippen molar-refractivity contribution in [3.05, 3.63) is 42.0 Å². The second-order valence-corrected chi connectivity index (χ2v) is 4.42. The number of methoxy groups -OCH3 is 1. The predicted octanol–water partition coefficient (Wildman–Crippen LogP) is 1.29. The van der Waals surface area contributed by atoms with Crippen molar-refractivity contribution in [3.63, 3.8) is 0 Å². The third-order valence-corrected chi connectivity index (χ3v) is 3.19. The number of rotatable bonds is 6. The molecule has 0 aromatic heterocycles. The van der Waals surface area contributed by atoms with Gasteiger partial charge in [0.15, 0.2) is 0 Å². The van der Waals surface area contributed by atoms with Crippen molar-refractivity contribution in [3.8, 4) is 5.75 Å². The number of hydrogen-bond donors (Lipinski definition) is 3. The zero-order valence-electron chi connectivity index (χ0n) is 11.0. The summed E-state index contributed by atoms with van der Waals surface area (Å²) in [5.41, 5.74) is 1.01. The Morgan fingerprint density at radius 2 is 1.84 bits per heavy atom. The van der Waals surface area contributed by atoms with Crippen LogP contribution in [0.15, 0.2) is 36.4 Å². The summed E-state index contributed by atoms with van der Waals surface area (Å²) in [6.45, 7) is 0.360. The minimum Gasteiger partial charge on any atom is -0.496 e. The fourth-order valence-electron chi connectivity index (χ4n) is 2.11. The lowest BCUT2D eigenvalue weighted by molar-refractivity contribution is 0.170. The van der Waals surface area contributed by atoms with Gasteiger partial charge in [-0.25, -0.2) is 0 Å². The monoisotopic (exact) mass is 261 g/mol. The standard InChI is InChI=1S/C15H19NO3/c1-19-15-12(8-16-13(9-17)10-18)7-6-11-4-2-3-5-14(11)15/h2-7,13,16-18H,8-10H2,1H3. The summed E-state index contributed by atoms with van der Waals surface area (Å²) in [6, 6.07) is 11.8. The van der Waals surface area contributed by atoms with Gasteiger partial charge in [-0.2, -0.15) is 0 Å². The SMILES string of the molecule is COc1c(CNC(CO)CO)ccc2ccccc12. The first-order valence-electron chi connectivity index (χ1n) is 6.30. The molecule has 102 valence electrons. The van der Waals surface area contributed by atoms with Crippen molar-refractivity contribution >= 4 is 10.8 Å². The van der Waals surface area contributed by atoms with E-state index < -0.39 is 0 Å². The van der Waals surface area contributed by atoms with Crippen molar-refractivity contribution in [2.24, 2.45) is 0 Å². The lowest BCUT2D eigenvalue weighted by atomic mass is 10.0. The van der Waals surface area contributed by atoms with E-state index in [1.54, 1.807) is 7.11 Å². The Balaban J connectivity index is 2.27. The molecule has 0 spiro atoms. The van der Waals surface area contributed by atoms with Gasteiger partial charge in [-0.15, -0.1) is 0 Å². The summed E-state index contributed by atoms with van der Waals surface area (Å²) in [5, 5.41) is 23.4. The van der Waals surface area contributed by atoms with Crippen molar-refractivity contribution < 1.29 is 14.9 Å². The molecule has 4 nitrogen and oxygen atoms in total. The molecule has 0 amide bonds. The minimum absolute atomic E-state index is 0.0909. The number of hydrogen-bond acceptors (Lipinski definition) is 4. The highest BCUT2D eigenvalue weighted by molar-refractivity contribution is 5.89. The van der Waals surface area contributed by atoms with Gasteiger partial charge < -0.3 is 20.3 Å². The average Bonchev–Trinajstić information content (AvgIpc) is 2.47. The first kappa shape index (κ1) is 13.8. The molecule has 2 aromatic rings. The molecule has 0 saturated heterocycles. The van der Waals surface area contributed by atoms with Crippen molar-refractivity contribution in [1.82, 2.24) is 5.32 Å². The van der Waals surface area contributed by atoms with E-state index >= 15 is 0 Å². The Bertz CT molecular complexity index is 538. The summed E-state index contributed by atoms with van der Waals surface area (Å²) in [4.78, 5) is 0. The minimum atomic E-state index is -0.309. The van der Waals surface area contributed by atoms with Crippen LogP contribution in [0.25, 0.3) is 10.8 Å². The third kappa shape index (κ3) is 3.04. The molecular formula is C15H19NO3. The molecule has 0 aliphatic carbocycles.